The van der Waals surface area contributed by atoms with Crippen molar-refractivity contribution in [3.8, 4) is 0 Å². The van der Waals surface area contributed by atoms with Crippen LogP contribution in [0.25, 0.3) is 0 Å². The zero-order valence-electron chi connectivity index (χ0n) is 10.9. The van der Waals surface area contributed by atoms with E-state index >= 15 is 0 Å². The summed E-state index contributed by atoms with van der Waals surface area (Å²) in [6.45, 7) is 5.38. The Labute approximate surface area is 107 Å². The Morgan fingerprint density at radius 3 is 3.06 bits per heavy atom. The summed E-state index contributed by atoms with van der Waals surface area (Å²) in [4.78, 5) is 17.5. The number of carbonyl (C=O) groups is 1. The van der Waals surface area contributed by atoms with Gasteiger partial charge in [-0.1, -0.05) is 0 Å². The van der Waals surface area contributed by atoms with Gasteiger partial charge in [-0.2, -0.15) is 0 Å². The van der Waals surface area contributed by atoms with Crippen LogP contribution in [0.3, 0.4) is 0 Å². The van der Waals surface area contributed by atoms with Gasteiger partial charge in [0.1, 0.15) is 0 Å². The van der Waals surface area contributed by atoms with Crippen LogP contribution >= 0.6 is 0 Å². The summed E-state index contributed by atoms with van der Waals surface area (Å²) in [6.07, 6.45) is 5.24. The molecule has 2 aliphatic rings. The molecule has 0 aliphatic carbocycles. The Hall–Kier alpha value is -1.29. The highest BCUT2D eigenvalue weighted by molar-refractivity contribution is 5.95. The second kappa shape index (κ2) is 4.43. The lowest BCUT2D eigenvalue weighted by Gasteiger charge is -2.32. The second-order valence-corrected chi connectivity index (χ2v) is 5.65. The molecular weight excluding hydrogens is 228 g/mol. The molecule has 1 aromatic rings. The number of carbonyl (C=O) groups excluding carboxylic acids is 1. The van der Waals surface area contributed by atoms with Crippen LogP contribution in [-0.2, 0) is 4.74 Å². The van der Waals surface area contributed by atoms with E-state index in [0.717, 1.165) is 50.4 Å². The first-order chi connectivity index (χ1) is 8.70. The summed E-state index contributed by atoms with van der Waals surface area (Å²) in [5.74, 6) is 0.163. The Kier molecular flexibility index (Phi) is 2.90. The average molecular weight is 248 g/mol. The van der Waals surface area contributed by atoms with Gasteiger partial charge >= 0.3 is 0 Å². The average Bonchev–Trinajstić information content (AvgIpc) is 2.97. The number of aromatic nitrogens is 1. The third-order valence-electron chi connectivity index (χ3n) is 4.31. The second-order valence-electron chi connectivity index (χ2n) is 5.65. The van der Waals surface area contributed by atoms with Crippen molar-refractivity contribution in [2.24, 2.45) is 5.41 Å². The SMILES string of the molecule is Cc1[nH]ccc1C(=O)N1CCC2(CCCOC2)C1. The first kappa shape index (κ1) is 11.8. The maximum absolute atomic E-state index is 12.4. The molecule has 2 aliphatic heterocycles. The number of nitrogens with zero attached hydrogens (tertiary/aromatic N) is 1. The molecule has 2 fully saturated rings. The van der Waals surface area contributed by atoms with E-state index in [1.165, 1.54) is 6.42 Å². The van der Waals surface area contributed by atoms with Crippen LogP contribution < -0.4 is 0 Å². The van der Waals surface area contributed by atoms with Crippen LogP contribution in [0.5, 0.6) is 0 Å². The Balaban J connectivity index is 1.72. The molecule has 1 unspecified atom stereocenters. The van der Waals surface area contributed by atoms with Gasteiger partial charge < -0.3 is 14.6 Å². The number of nitrogens with one attached hydrogen (secondary N) is 1. The summed E-state index contributed by atoms with van der Waals surface area (Å²) in [5.41, 5.74) is 2.00. The lowest BCUT2D eigenvalue weighted by Crippen LogP contribution is -2.37. The van der Waals surface area contributed by atoms with Crippen molar-refractivity contribution in [3.05, 3.63) is 23.5 Å². The van der Waals surface area contributed by atoms with E-state index in [1.807, 2.05) is 24.1 Å². The van der Waals surface area contributed by atoms with Gasteiger partial charge in [0.2, 0.25) is 0 Å². The fraction of sp³-hybridized carbons (Fsp3) is 0.643. The number of rotatable bonds is 1. The molecule has 1 spiro atoms. The summed E-state index contributed by atoms with van der Waals surface area (Å²) >= 11 is 0. The molecular formula is C14H20N2O2. The van der Waals surface area contributed by atoms with Crippen LogP contribution in [0.4, 0.5) is 0 Å². The van der Waals surface area contributed by atoms with Crippen molar-refractivity contribution in [2.75, 3.05) is 26.3 Å². The summed E-state index contributed by atoms with van der Waals surface area (Å²) < 4.78 is 5.61. The molecule has 0 bridgehead atoms. The first-order valence-electron chi connectivity index (χ1n) is 6.71. The molecule has 4 nitrogen and oxygen atoms in total. The Bertz CT molecular complexity index is 446. The third kappa shape index (κ3) is 1.94. The number of hydrogen-bond acceptors (Lipinski definition) is 2. The fourth-order valence-corrected chi connectivity index (χ4v) is 3.20. The van der Waals surface area contributed by atoms with Gasteiger partial charge in [-0.05, 0) is 32.3 Å². The number of likely N-dealkylation sites (tertiary alicyclic amines) is 1. The van der Waals surface area contributed by atoms with Crippen molar-refractivity contribution >= 4 is 5.91 Å². The van der Waals surface area contributed by atoms with Gasteiger partial charge in [-0.3, -0.25) is 4.79 Å². The van der Waals surface area contributed by atoms with E-state index in [2.05, 4.69) is 4.98 Å². The molecule has 0 radical (unpaired) electrons. The maximum atomic E-state index is 12.4. The predicted octanol–water partition coefficient (Wildman–Crippen LogP) is 1.97. The molecule has 0 saturated carbocycles. The number of amides is 1. The zero-order chi connectivity index (χ0) is 12.6. The van der Waals surface area contributed by atoms with E-state index in [9.17, 15) is 4.79 Å². The van der Waals surface area contributed by atoms with Crippen LogP contribution in [0.2, 0.25) is 0 Å². The van der Waals surface area contributed by atoms with Crippen molar-refractivity contribution < 1.29 is 9.53 Å². The number of aromatic amines is 1. The topological polar surface area (TPSA) is 45.3 Å². The van der Waals surface area contributed by atoms with E-state index in [4.69, 9.17) is 4.74 Å². The van der Waals surface area contributed by atoms with E-state index < -0.39 is 0 Å². The molecule has 0 aromatic carbocycles. The van der Waals surface area contributed by atoms with Gasteiger partial charge in [0.05, 0.1) is 12.2 Å². The number of aryl methyl sites for hydroxylation is 1. The van der Waals surface area contributed by atoms with E-state index in [-0.39, 0.29) is 11.3 Å². The zero-order valence-corrected chi connectivity index (χ0v) is 10.9. The minimum atomic E-state index is 0.163. The Morgan fingerprint density at radius 1 is 1.50 bits per heavy atom. The minimum absolute atomic E-state index is 0.163. The number of ether oxygens (including phenoxy) is 1. The van der Waals surface area contributed by atoms with Gasteiger partial charge in [0.25, 0.3) is 5.91 Å². The van der Waals surface area contributed by atoms with Crippen LogP contribution in [-0.4, -0.2) is 42.1 Å². The summed E-state index contributed by atoms with van der Waals surface area (Å²) in [5, 5.41) is 0. The highest BCUT2D eigenvalue weighted by Crippen LogP contribution is 2.38. The smallest absolute Gasteiger partial charge is 0.255 e. The van der Waals surface area contributed by atoms with Crippen LogP contribution in [0.15, 0.2) is 12.3 Å². The van der Waals surface area contributed by atoms with Gasteiger partial charge in [-0.25, -0.2) is 0 Å². The molecule has 18 heavy (non-hydrogen) atoms. The highest BCUT2D eigenvalue weighted by atomic mass is 16.5. The number of H-pyrrole nitrogens is 1. The van der Waals surface area contributed by atoms with Gasteiger partial charge in [-0.15, -0.1) is 0 Å². The molecule has 1 N–H and O–H groups in total. The minimum Gasteiger partial charge on any atom is -0.381 e. The largest absolute Gasteiger partial charge is 0.381 e. The number of hydrogen-bond donors (Lipinski definition) is 1. The Morgan fingerprint density at radius 2 is 2.39 bits per heavy atom. The quantitative estimate of drug-likeness (QED) is 0.825. The van der Waals surface area contributed by atoms with Crippen molar-refractivity contribution in [3.63, 3.8) is 0 Å². The van der Waals surface area contributed by atoms with Crippen molar-refractivity contribution in [2.45, 2.75) is 26.2 Å². The standard InChI is InChI=1S/C14H20N2O2/c1-11-12(3-6-15-11)13(17)16-7-5-14(9-16)4-2-8-18-10-14/h3,6,15H,2,4-5,7-10H2,1H3. The monoisotopic (exact) mass is 248 g/mol. The van der Waals surface area contributed by atoms with Crippen molar-refractivity contribution in [1.29, 1.82) is 0 Å². The molecule has 3 rings (SSSR count). The highest BCUT2D eigenvalue weighted by Gasteiger charge is 2.41. The molecule has 2 saturated heterocycles. The first-order valence-corrected chi connectivity index (χ1v) is 6.71. The van der Waals surface area contributed by atoms with Crippen molar-refractivity contribution in [1.82, 2.24) is 9.88 Å². The maximum Gasteiger partial charge on any atom is 0.255 e. The predicted molar refractivity (Wildman–Crippen MR) is 68.5 cm³/mol. The molecule has 1 aromatic heterocycles. The fourth-order valence-electron chi connectivity index (χ4n) is 3.20. The molecule has 3 heterocycles. The van der Waals surface area contributed by atoms with E-state index in [1.54, 1.807) is 0 Å². The normalized spacial score (nSPS) is 27.9. The lowest BCUT2D eigenvalue weighted by atomic mass is 9.82. The summed E-state index contributed by atoms with van der Waals surface area (Å²) in [6, 6.07) is 1.88. The third-order valence-corrected chi connectivity index (χ3v) is 4.31. The summed E-state index contributed by atoms with van der Waals surface area (Å²) in [7, 11) is 0. The van der Waals surface area contributed by atoms with Gasteiger partial charge in [0, 0.05) is 37.0 Å². The van der Waals surface area contributed by atoms with Crippen LogP contribution in [0, 0.1) is 12.3 Å². The molecule has 98 valence electrons. The molecule has 1 atom stereocenters. The van der Waals surface area contributed by atoms with Gasteiger partial charge in [0.15, 0.2) is 0 Å². The van der Waals surface area contributed by atoms with Crippen LogP contribution in [0.1, 0.15) is 35.3 Å². The van der Waals surface area contributed by atoms with E-state index in [0.29, 0.717) is 0 Å². The molecule has 4 heteroatoms. The lowest BCUT2D eigenvalue weighted by molar-refractivity contribution is -0.00160. The molecule has 1 amide bonds.